The lowest BCUT2D eigenvalue weighted by Gasteiger charge is -2.08. The average molecular weight is 366 g/mol. The van der Waals surface area contributed by atoms with Crippen molar-refractivity contribution >= 4 is 5.91 Å². The summed E-state index contributed by atoms with van der Waals surface area (Å²) in [6.45, 7) is 5.05. The number of rotatable bonds is 7. The van der Waals surface area contributed by atoms with E-state index in [-0.39, 0.29) is 5.91 Å². The maximum absolute atomic E-state index is 12.4. The number of hydrogen-bond donors (Lipinski definition) is 1. The molecule has 8 heteroatoms. The molecule has 0 atom stereocenters. The molecule has 140 valence electrons. The smallest absolute Gasteiger partial charge is 0.251 e. The third-order valence-corrected chi connectivity index (χ3v) is 4.02. The largest absolute Gasteiger partial charge is 0.481 e. The zero-order chi connectivity index (χ0) is 19.2. The molecule has 3 rings (SSSR count). The Hall–Kier alpha value is -3.29. The Balaban J connectivity index is 1.59. The molecule has 8 nitrogen and oxygen atoms in total. The van der Waals surface area contributed by atoms with E-state index in [4.69, 9.17) is 4.74 Å². The van der Waals surface area contributed by atoms with Gasteiger partial charge in [-0.25, -0.2) is 9.97 Å². The van der Waals surface area contributed by atoms with Crippen molar-refractivity contribution in [3.63, 3.8) is 0 Å². The van der Waals surface area contributed by atoms with Crippen LogP contribution in [0.25, 0.3) is 11.4 Å². The Bertz CT molecular complexity index is 937. The van der Waals surface area contributed by atoms with Gasteiger partial charge in [0, 0.05) is 36.5 Å². The third-order valence-electron chi connectivity index (χ3n) is 4.02. The number of carbonyl (C=O) groups excluding carboxylic acids is 1. The third kappa shape index (κ3) is 4.66. The van der Waals surface area contributed by atoms with Crippen LogP contribution in [0, 0.1) is 13.8 Å². The van der Waals surface area contributed by atoms with Gasteiger partial charge in [-0.2, -0.15) is 10.1 Å². The van der Waals surface area contributed by atoms with Crippen LogP contribution in [0.15, 0.2) is 36.5 Å². The SMILES string of the molecule is COc1ccnc(-c2cccc(C(=O)NCCCn3nc(C)nc3C)c2)n1. The van der Waals surface area contributed by atoms with Gasteiger partial charge >= 0.3 is 0 Å². The van der Waals surface area contributed by atoms with Crippen molar-refractivity contribution in [2.75, 3.05) is 13.7 Å². The van der Waals surface area contributed by atoms with Crippen LogP contribution in [-0.2, 0) is 6.54 Å². The maximum atomic E-state index is 12.4. The van der Waals surface area contributed by atoms with Gasteiger partial charge in [-0.1, -0.05) is 12.1 Å². The highest BCUT2D eigenvalue weighted by Gasteiger charge is 2.09. The lowest BCUT2D eigenvalue weighted by Crippen LogP contribution is -2.25. The number of carbonyl (C=O) groups is 1. The van der Waals surface area contributed by atoms with Crippen LogP contribution < -0.4 is 10.1 Å². The summed E-state index contributed by atoms with van der Waals surface area (Å²) in [5.41, 5.74) is 1.32. The van der Waals surface area contributed by atoms with E-state index in [0.717, 1.165) is 23.6 Å². The highest BCUT2D eigenvalue weighted by atomic mass is 16.5. The Morgan fingerprint density at radius 3 is 2.81 bits per heavy atom. The fraction of sp³-hybridized carbons (Fsp3) is 0.316. The topological polar surface area (TPSA) is 94.8 Å². The average Bonchev–Trinajstić information content (AvgIpc) is 3.02. The number of nitrogens with one attached hydrogen (secondary N) is 1. The summed E-state index contributed by atoms with van der Waals surface area (Å²) in [5, 5.41) is 7.24. The molecule has 0 aliphatic heterocycles. The van der Waals surface area contributed by atoms with E-state index in [1.165, 1.54) is 0 Å². The summed E-state index contributed by atoms with van der Waals surface area (Å²) < 4.78 is 6.97. The van der Waals surface area contributed by atoms with Crippen molar-refractivity contribution in [2.24, 2.45) is 0 Å². The summed E-state index contributed by atoms with van der Waals surface area (Å²) in [6, 6.07) is 8.90. The Morgan fingerprint density at radius 2 is 2.07 bits per heavy atom. The monoisotopic (exact) mass is 366 g/mol. The molecule has 0 saturated carbocycles. The van der Waals surface area contributed by atoms with Gasteiger partial charge in [-0.15, -0.1) is 0 Å². The second kappa shape index (κ2) is 8.39. The number of benzene rings is 1. The molecule has 1 N–H and O–H groups in total. The van der Waals surface area contributed by atoms with Crippen LogP contribution in [0.5, 0.6) is 5.88 Å². The standard InChI is InChI=1S/C19H22N6O2/c1-13-22-14(2)25(24-13)11-5-9-21-19(26)16-7-4-6-15(12-16)18-20-10-8-17(23-18)27-3/h4,6-8,10,12H,5,9,11H2,1-3H3,(H,21,26). The van der Waals surface area contributed by atoms with Gasteiger partial charge in [0.2, 0.25) is 5.88 Å². The van der Waals surface area contributed by atoms with E-state index in [2.05, 4.69) is 25.4 Å². The van der Waals surface area contributed by atoms with E-state index >= 15 is 0 Å². The first-order valence-corrected chi connectivity index (χ1v) is 8.70. The summed E-state index contributed by atoms with van der Waals surface area (Å²) >= 11 is 0. The molecule has 0 spiro atoms. The normalized spacial score (nSPS) is 10.6. The second-order valence-corrected chi connectivity index (χ2v) is 6.04. The lowest BCUT2D eigenvalue weighted by atomic mass is 10.1. The van der Waals surface area contributed by atoms with E-state index < -0.39 is 0 Å². The molecule has 2 aromatic heterocycles. The lowest BCUT2D eigenvalue weighted by molar-refractivity contribution is 0.0952. The molecule has 0 saturated heterocycles. The number of ether oxygens (including phenoxy) is 1. The molecule has 1 aromatic carbocycles. The van der Waals surface area contributed by atoms with Gasteiger partial charge in [0.1, 0.15) is 11.6 Å². The summed E-state index contributed by atoms with van der Waals surface area (Å²) in [5.74, 6) is 2.50. The minimum Gasteiger partial charge on any atom is -0.481 e. The van der Waals surface area contributed by atoms with Crippen LogP contribution in [0.3, 0.4) is 0 Å². The quantitative estimate of drug-likeness (QED) is 0.644. The number of nitrogens with zero attached hydrogens (tertiary/aromatic N) is 5. The van der Waals surface area contributed by atoms with Crippen molar-refractivity contribution in [1.29, 1.82) is 0 Å². The number of amides is 1. The molecule has 0 bridgehead atoms. The number of aryl methyl sites for hydroxylation is 3. The first kappa shape index (κ1) is 18.5. The minimum atomic E-state index is -0.133. The van der Waals surface area contributed by atoms with Crippen molar-refractivity contribution in [1.82, 2.24) is 30.0 Å². The van der Waals surface area contributed by atoms with Crippen LogP contribution in [0.1, 0.15) is 28.4 Å². The van der Waals surface area contributed by atoms with Crippen LogP contribution in [0.4, 0.5) is 0 Å². The fourth-order valence-electron chi connectivity index (χ4n) is 2.70. The molecule has 0 fully saturated rings. The van der Waals surface area contributed by atoms with E-state index in [9.17, 15) is 4.79 Å². The fourth-order valence-corrected chi connectivity index (χ4v) is 2.70. The zero-order valence-corrected chi connectivity index (χ0v) is 15.6. The highest BCUT2D eigenvalue weighted by molar-refractivity contribution is 5.95. The Kier molecular flexibility index (Phi) is 5.75. The van der Waals surface area contributed by atoms with E-state index in [1.54, 1.807) is 31.5 Å². The van der Waals surface area contributed by atoms with Gasteiger partial charge < -0.3 is 10.1 Å². The predicted octanol–water partition coefficient (Wildman–Crippen LogP) is 2.18. The first-order chi connectivity index (χ1) is 13.1. The number of hydrogen-bond acceptors (Lipinski definition) is 6. The first-order valence-electron chi connectivity index (χ1n) is 8.70. The number of aromatic nitrogens is 5. The highest BCUT2D eigenvalue weighted by Crippen LogP contribution is 2.18. The maximum Gasteiger partial charge on any atom is 0.251 e. The Morgan fingerprint density at radius 1 is 1.22 bits per heavy atom. The van der Waals surface area contributed by atoms with Gasteiger partial charge in [0.15, 0.2) is 5.82 Å². The molecular formula is C19H22N6O2. The molecule has 1 amide bonds. The molecule has 2 heterocycles. The zero-order valence-electron chi connectivity index (χ0n) is 15.6. The van der Waals surface area contributed by atoms with Gasteiger partial charge in [-0.05, 0) is 32.4 Å². The van der Waals surface area contributed by atoms with Crippen LogP contribution in [-0.4, -0.2) is 44.3 Å². The molecule has 0 unspecified atom stereocenters. The molecule has 0 radical (unpaired) electrons. The summed E-state index contributed by atoms with van der Waals surface area (Å²) in [6.07, 6.45) is 2.40. The van der Waals surface area contributed by atoms with Gasteiger partial charge in [0.05, 0.1) is 7.11 Å². The van der Waals surface area contributed by atoms with E-state index in [1.807, 2.05) is 30.7 Å². The van der Waals surface area contributed by atoms with Gasteiger partial charge in [-0.3, -0.25) is 9.48 Å². The van der Waals surface area contributed by atoms with Crippen molar-refractivity contribution in [3.8, 4) is 17.3 Å². The molecular weight excluding hydrogens is 344 g/mol. The van der Waals surface area contributed by atoms with Crippen molar-refractivity contribution in [2.45, 2.75) is 26.8 Å². The molecule has 0 aliphatic rings. The molecule has 27 heavy (non-hydrogen) atoms. The van der Waals surface area contributed by atoms with Gasteiger partial charge in [0.25, 0.3) is 5.91 Å². The predicted molar refractivity (Wildman–Crippen MR) is 100 cm³/mol. The summed E-state index contributed by atoms with van der Waals surface area (Å²) in [4.78, 5) is 25.2. The Labute approximate surface area is 157 Å². The summed E-state index contributed by atoms with van der Waals surface area (Å²) in [7, 11) is 1.55. The van der Waals surface area contributed by atoms with E-state index in [0.29, 0.717) is 30.4 Å². The van der Waals surface area contributed by atoms with Crippen LogP contribution >= 0.6 is 0 Å². The van der Waals surface area contributed by atoms with Crippen LogP contribution in [0.2, 0.25) is 0 Å². The molecule has 0 aliphatic carbocycles. The second-order valence-electron chi connectivity index (χ2n) is 6.04. The molecule has 3 aromatic rings. The number of methoxy groups -OCH3 is 1. The minimum absolute atomic E-state index is 0.133. The van der Waals surface area contributed by atoms with Crippen molar-refractivity contribution in [3.05, 3.63) is 53.7 Å². The van der Waals surface area contributed by atoms with Crippen molar-refractivity contribution < 1.29 is 9.53 Å².